The number of anilines is 1. The molecule has 0 bridgehead atoms. The van der Waals surface area contributed by atoms with Crippen molar-refractivity contribution in [2.45, 2.75) is 18.9 Å². The van der Waals surface area contributed by atoms with E-state index >= 15 is 0 Å². The molecule has 0 N–H and O–H groups in total. The summed E-state index contributed by atoms with van der Waals surface area (Å²) in [5, 5.41) is 0. The number of hydrogen-bond acceptors (Lipinski definition) is 4. The van der Waals surface area contributed by atoms with Crippen molar-refractivity contribution in [1.29, 1.82) is 0 Å². The fourth-order valence-corrected chi connectivity index (χ4v) is 4.67. The number of rotatable bonds is 4. The van der Waals surface area contributed by atoms with Crippen LogP contribution in [0.25, 0.3) is 22.2 Å². The molecule has 1 saturated heterocycles. The number of likely N-dealkylation sites (tertiary alicyclic amines) is 1. The second kappa shape index (κ2) is 8.43. The number of halogens is 1. The summed E-state index contributed by atoms with van der Waals surface area (Å²) >= 11 is 3.46. The van der Waals surface area contributed by atoms with E-state index in [-0.39, 0.29) is 11.9 Å². The Hall–Kier alpha value is -3.12. The highest BCUT2D eigenvalue weighted by molar-refractivity contribution is 9.10. The summed E-state index contributed by atoms with van der Waals surface area (Å²) in [6.45, 7) is 0.707. The van der Waals surface area contributed by atoms with Crippen LogP contribution in [0.15, 0.2) is 75.6 Å². The molecule has 162 valence electrons. The average molecular weight is 490 g/mol. The Bertz CT molecular complexity index is 1280. The predicted octanol–water partition coefficient (Wildman–Crippen LogP) is 6.30. The molecular weight excluding hydrogens is 466 g/mol. The maximum atomic E-state index is 13.1. The number of carbonyl (C=O) groups is 1. The lowest BCUT2D eigenvalue weighted by Crippen LogP contribution is -2.30. The summed E-state index contributed by atoms with van der Waals surface area (Å²) < 4.78 is 7.01. The molecule has 32 heavy (non-hydrogen) atoms. The van der Waals surface area contributed by atoms with Crippen molar-refractivity contribution in [1.82, 2.24) is 9.88 Å². The van der Waals surface area contributed by atoms with Gasteiger partial charge in [0, 0.05) is 36.4 Å². The summed E-state index contributed by atoms with van der Waals surface area (Å²) in [4.78, 5) is 21.9. The largest absolute Gasteiger partial charge is 0.438 e. The zero-order valence-corrected chi connectivity index (χ0v) is 19.7. The van der Waals surface area contributed by atoms with E-state index < -0.39 is 0 Å². The fraction of sp³-hybridized carbons (Fsp3) is 0.231. The zero-order valence-electron chi connectivity index (χ0n) is 18.1. The second-order valence-electron chi connectivity index (χ2n) is 8.34. The van der Waals surface area contributed by atoms with Gasteiger partial charge in [-0.1, -0.05) is 40.2 Å². The Balaban J connectivity index is 1.43. The lowest BCUT2D eigenvalue weighted by molar-refractivity contribution is 0.0717. The lowest BCUT2D eigenvalue weighted by Gasteiger charge is -2.22. The van der Waals surface area contributed by atoms with E-state index in [0.29, 0.717) is 18.0 Å². The van der Waals surface area contributed by atoms with Gasteiger partial charge in [0.15, 0.2) is 5.58 Å². The number of aromatic nitrogens is 1. The minimum Gasteiger partial charge on any atom is -0.438 e. The molecule has 3 aromatic carbocycles. The molecule has 1 amide bonds. The molecule has 0 saturated carbocycles. The van der Waals surface area contributed by atoms with Gasteiger partial charge in [0.05, 0.1) is 0 Å². The first-order valence-electron chi connectivity index (χ1n) is 10.7. The van der Waals surface area contributed by atoms with E-state index in [1.165, 1.54) is 0 Å². The van der Waals surface area contributed by atoms with Crippen molar-refractivity contribution < 1.29 is 9.21 Å². The van der Waals surface area contributed by atoms with Crippen LogP contribution in [0.2, 0.25) is 0 Å². The third kappa shape index (κ3) is 3.91. The number of oxazole rings is 1. The Morgan fingerprint density at radius 1 is 1.06 bits per heavy atom. The number of carbonyl (C=O) groups excluding carboxylic acids is 1. The van der Waals surface area contributed by atoms with Crippen molar-refractivity contribution in [2.24, 2.45) is 0 Å². The highest BCUT2D eigenvalue weighted by atomic mass is 79.9. The van der Waals surface area contributed by atoms with Crippen molar-refractivity contribution in [3.05, 3.63) is 82.7 Å². The van der Waals surface area contributed by atoms with E-state index in [9.17, 15) is 4.79 Å². The summed E-state index contributed by atoms with van der Waals surface area (Å²) in [5.41, 5.74) is 5.62. The molecule has 1 fully saturated rings. The first-order valence-corrected chi connectivity index (χ1v) is 11.5. The van der Waals surface area contributed by atoms with E-state index in [2.05, 4.69) is 57.2 Å². The van der Waals surface area contributed by atoms with Crippen LogP contribution < -0.4 is 4.90 Å². The molecule has 1 aromatic heterocycles. The van der Waals surface area contributed by atoms with E-state index in [0.717, 1.165) is 45.2 Å². The van der Waals surface area contributed by atoms with Gasteiger partial charge in [-0.05, 0) is 66.4 Å². The van der Waals surface area contributed by atoms with Gasteiger partial charge in [-0.25, -0.2) is 4.98 Å². The van der Waals surface area contributed by atoms with Crippen LogP contribution in [0.3, 0.4) is 0 Å². The summed E-state index contributed by atoms with van der Waals surface area (Å²) in [6.07, 6.45) is 1.79. The molecule has 1 unspecified atom stereocenters. The SMILES string of the molecule is CN(C)c1ccc(-c2ccc3oc(C4CCCN4C(=O)c4cccc(Br)c4)nc3c2)cc1. The summed E-state index contributed by atoms with van der Waals surface area (Å²) in [6, 6.07) is 21.9. The molecule has 5 rings (SSSR count). The Kier molecular flexibility index (Phi) is 5.47. The van der Waals surface area contributed by atoms with Crippen LogP contribution in [0.1, 0.15) is 35.1 Å². The topological polar surface area (TPSA) is 49.6 Å². The number of fused-ring (bicyclic) bond motifs is 1. The lowest BCUT2D eigenvalue weighted by atomic mass is 10.0. The molecule has 1 aliphatic heterocycles. The van der Waals surface area contributed by atoms with Crippen molar-refractivity contribution in [2.75, 3.05) is 25.5 Å². The normalized spacial score (nSPS) is 16.0. The summed E-state index contributed by atoms with van der Waals surface area (Å²) in [7, 11) is 4.07. The molecule has 0 spiro atoms. The van der Waals surface area contributed by atoms with Crippen LogP contribution in [0.5, 0.6) is 0 Å². The van der Waals surface area contributed by atoms with Gasteiger partial charge in [-0.15, -0.1) is 0 Å². The van der Waals surface area contributed by atoms with E-state index in [1.54, 1.807) is 0 Å². The second-order valence-corrected chi connectivity index (χ2v) is 9.26. The van der Waals surface area contributed by atoms with E-state index in [4.69, 9.17) is 9.40 Å². The minimum absolute atomic E-state index is 0.0118. The van der Waals surface area contributed by atoms with Gasteiger partial charge < -0.3 is 14.2 Å². The maximum Gasteiger partial charge on any atom is 0.254 e. The molecule has 0 aliphatic carbocycles. The number of nitrogens with zero attached hydrogens (tertiary/aromatic N) is 3. The first kappa shape index (κ1) is 20.8. The molecule has 1 atom stereocenters. The van der Waals surface area contributed by atoms with Gasteiger partial charge >= 0.3 is 0 Å². The quantitative estimate of drug-likeness (QED) is 0.337. The van der Waals surface area contributed by atoms with Gasteiger partial charge in [0.1, 0.15) is 11.6 Å². The molecule has 0 radical (unpaired) electrons. The van der Waals surface area contributed by atoms with Gasteiger partial charge in [-0.2, -0.15) is 0 Å². The maximum absolute atomic E-state index is 13.1. The van der Waals surface area contributed by atoms with Crippen molar-refractivity contribution >= 4 is 38.6 Å². The zero-order chi connectivity index (χ0) is 22.2. The predicted molar refractivity (Wildman–Crippen MR) is 131 cm³/mol. The number of hydrogen-bond donors (Lipinski definition) is 0. The van der Waals surface area contributed by atoms with E-state index in [1.807, 2.05) is 49.3 Å². The van der Waals surface area contributed by atoms with Crippen LogP contribution in [-0.2, 0) is 0 Å². The Morgan fingerprint density at radius 2 is 1.84 bits per heavy atom. The highest BCUT2D eigenvalue weighted by Gasteiger charge is 2.34. The Labute approximate surface area is 195 Å². The number of amides is 1. The van der Waals surface area contributed by atoms with Crippen LogP contribution in [0, 0.1) is 0 Å². The third-order valence-corrected chi connectivity index (χ3v) is 6.48. The van der Waals surface area contributed by atoms with Crippen molar-refractivity contribution in [3.8, 4) is 11.1 Å². The average Bonchev–Trinajstić information content (AvgIpc) is 3.45. The molecule has 6 heteroatoms. The van der Waals surface area contributed by atoms with Crippen LogP contribution in [0.4, 0.5) is 5.69 Å². The van der Waals surface area contributed by atoms with Gasteiger partial charge in [0.25, 0.3) is 5.91 Å². The monoisotopic (exact) mass is 489 g/mol. The van der Waals surface area contributed by atoms with Gasteiger partial charge in [-0.3, -0.25) is 4.79 Å². The molecule has 2 heterocycles. The summed E-state index contributed by atoms with van der Waals surface area (Å²) in [5.74, 6) is 0.624. The molecule has 5 nitrogen and oxygen atoms in total. The smallest absolute Gasteiger partial charge is 0.254 e. The van der Waals surface area contributed by atoms with Gasteiger partial charge in [0.2, 0.25) is 5.89 Å². The molecule has 1 aliphatic rings. The van der Waals surface area contributed by atoms with Crippen LogP contribution in [-0.4, -0.2) is 36.4 Å². The van der Waals surface area contributed by atoms with Crippen molar-refractivity contribution in [3.63, 3.8) is 0 Å². The van der Waals surface area contributed by atoms with Crippen LogP contribution >= 0.6 is 15.9 Å². The molecule has 4 aromatic rings. The third-order valence-electron chi connectivity index (χ3n) is 5.99. The standard InChI is InChI=1S/C26H24BrN3O2/c1-29(2)21-11-8-17(9-12-21)18-10-13-24-22(16-18)28-25(32-24)23-7-4-14-30(23)26(31)19-5-3-6-20(27)15-19/h3,5-6,8-13,15-16,23H,4,7,14H2,1-2H3. The minimum atomic E-state index is -0.142. The number of benzene rings is 3. The highest BCUT2D eigenvalue weighted by Crippen LogP contribution is 2.35. The first-order chi connectivity index (χ1) is 15.5. The Morgan fingerprint density at radius 3 is 2.59 bits per heavy atom. The fourth-order valence-electron chi connectivity index (χ4n) is 4.27. The molecular formula is C26H24BrN3O2.